The number of primary amides is 2. The monoisotopic (exact) mass is 405 g/mol. The van der Waals surface area contributed by atoms with Gasteiger partial charge in [0, 0.05) is 5.92 Å². The zero-order valence-electron chi connectivity index (χ0n) is 14.9. The predicted octanol–water partition coefficient (Wildman–Crippen LogP) is -1.55. The van der Waals surface area contributed by atoms with Crippen LogP contribution in [-0.2, 0) is 19.4 Å². The SMILES string of the molecule is CC(C)c1nnn([NH+]2N=NC(C(N)=O)=C2C(N)=O)c1S(=O)(=O)c1ccccc1. The fourth-order valence-electron chi connectivity index (χ4n) is 2.60. The number of nitrogens with zero attached hydrogens (tertiary/aromatic N) is 5. The Morgan fingerprint density at radius 3 is 2.29 bits per heavy atom. The summed E-state index contributed by atoms with van der Waals surface area (Å²) in [6.07, 6.45) is 0. The van der Waals surface area contributed by atoms with E-state index in [1.54, 1.807) is 32.0 Å². The van der Waals surface area contributed by atoms with Gasteiger partial charge in [0.2, 0.25) is 20.6 Å². The van der Waals surface area contributed by atoms with Crippen molar-refractivity contribution in [2.75, 3.05) is 0 Å². The van der Waals surface area contributed by atoms with Gasteiger partial charge >= 0.3 is 5.91 Å². The summed E-state index contributed by atoms with van der Waals surface area (Å²) in [5.74, 6) is -2.42. The summed E-state index contributed by atoms with van der Waals surface area (Å²) < 4.78 is 26.6. The van der Waals surface area contributed by atoms with Gasteiger partial charge in [-0.1, -0.05) is 37.2 Å². The van der Waals surface area contributed by atoms with Crippen LogP contribution in [0.3, 0.4) is 0 Å². The van der Waals surface area contributed by atoms with Gasteiger partial charge < -0.3 is 11.5 Å². The van der Waals surface area contributed by atoms with Crippen LogP contribution in [-0.4, -0.2) is 35.3 Å². The largest absolute Gasteiger partial charge is 0.364 e. The Kier molecular flexibility index (Phi) is 4.79. The third-order valence-electron chi connectivity index (χ3n) is 3.89. The Morgan fingerprint density at radius 1 is 1.11 bits per heavy atom. The summed E-state index contributed by atoms with van der Waals surface area (Å²) in [5.41, 5.74) is 9.78. The maximum atomic E-state index is 13.3. The Balaban J connectivity index is 2.27. The molecule has 0 radical (unpaired) electrons. The standard InChI is InChI=1S/C15H16N8O4S/c1-8(2)10-15(28(26,27)9-6-4-3-5-7-9)23(21-18-10)22-12(14(17)25)11(13(16)24)19-20-22/h3-8H,1-2H3,(H2,16,24)(H2,17,25)/p+1. The molecular formula is C15H17N8O4S+. The number of nitrogens with two attached hydrogens (primary N) is 2. The molecule has 0 saturated carbocycles. The molecule has 13 heteroatoms. The van der Waals surface area contributed by atoms with Gasteiger partial charge in [-0.3, -0.25) is 9.59 Å². The first-order chi connectivity index (χ1) is 13.2. The second kappa shape index (κ2) is 6.94. The first-order valence-electron chi connectivity index (χ1n) is 8.05. The quantitative estimate of drug-likeness (QED) is 0.523. The summed E-state index contributed by atoms with van der Waals surface area (Å²) in [7, 11) is -4.10. The van der Waals surface area contributed by atoms with Crippen LogP contribution >= 0.6 is 0 Å². The van der Waals surface area contributed by atoms with E-state index in [4.69, 9.17) is 11.5 Å². The Hall–Kier alpha value is -3.45. The van der Waals surface area contributed by atoms with E-state index in [0.29, 0.717) is 0 Å². The highest BCUT2D eigenvalue weighted by atomic mass is 32.2. The number of quaternary nitrogens is 1. The van der Waals surface area contributed by atoms with Gasteiger partial charge in [-0.2, -0.15) is 0 Å². The molecule has 12 nitrogen and oxygen atoms in total. The Labute approximate surface area is 159 Å². The number of hydrogen-bond acceptors (Lipinski definition) is 8. The number of hydrogen-bond donors (Lipinski definition) is 3. The molecule has 0 saturated heterocycles. The highest BCUT2D eigenvalue weighted by Gasteiger charge is 2.42. The smallest absolute Gasteiger partial charge is 0.310 e. The number of sulfone groups is 1. The molecule has 2 aromatic rings. The van der Waals surface area contributed by atoms with Crippen LogP contribution in [0.25, 0.3) is 0 Å². The topological polar surface area (TPSA) is 180 Å². The Bertz CT molecular complexity index is 1120. The average molecular weight is 405 g/mol. The van der Waals surface area contributed by atoms with Crippen LogP contribution in [0.2, 0.25) is 0 Å². The van der Waals surface area contributed by atoms with Crippen LogP contribution in [0.5, 0.6) is 0 Å². The number of nitrogens with one attached hydrogen (secondary N) is 1. The van der Waals surface area contributed by atoms with Crippen LogP contribution in [0.1, 0.15) is 25.5 Å². The van der Waals surface area contributed by atoms with Crippen molar-refractivity contribution in [3.63, 3.8) is 0 Å². The highest BCUT2D eigenvalue weighted by Crippen LogP contribution is 2.26. The number of benzene rings is 1. The van der Waals surface area contributed by atoms with E-state index in [-0.39, 0.29) is 26.7 Å². The van der Waals surface area contributed by atoms with E-state index in [0.717, 1.165) is 4.79 Å². The molecule has 1 aromatic carbocycles. The molecule has 3 rings (SSSR count). The third kappa shape index (κ3) is 3.05. The lowest BCUT2D eigenvalue weighted by Gasteiger charge is -2.12. The van der Waals surface area contributed by atoms with Crippen molar-refractivity contribution in [2.45, 2.75) is 29.7 Å². The molecule has 28 heavy (non-hydrogen) atoms. The molecule has 0 spiro atoms. The minimum Gasteiger partial charge on any atom is -0.364 e. The van der Waals surface area contributed by atoms with E-state index < -0.39 is 33.0 Å². The van der Waals surface area contributed by atoms with Crippen molar-refractivity contribution in [1.82, 2.24) is 15.1 Å². The van der Waals surface area contributed by atoms with Gasteiger partial charge in [0.15, 0.2) is 0 Å². The van der Waals surface area contributed by atoms with Gasteiger partial charge in [-0.05, 0) is 27.3 Å². The molecule has 1 aromatic heterocycles. The normalized spacial score (nSPS) is 16.8. The molecule has 0 aliphatic carbocycles. The van der Waals surface area contributed by atoms with Gasteiger partial charge in [-0.25, -0.2) is 8.42 Å². The minimum absolute atomic E-state index is 0.00397. The minimum atomic E-state index is -4.10. The summed E-state index contributed by atoms with van der Waals surface area (Å²) >= 11 is 0. The van der Waals surface area contributed by atoms with Gasteiger partial charge in [0.05, 0.1) is 10.1 Å². The molecular weight excluding hydrogens is 388 g/mol. The van der Waals surface area contributed by atoms with E-state index in [9.17, 15) is 18.0 Å². The van der Waals surface area contributed by atoms with Crippen molar-refractivity contribution < 1.29 is 23.1 Å². The number of amides is 2. The van der Waals surface area contributed by atoms with Crippen LogP contribution < -0.4 is 16.6 Å². The zero-order valence-corrected chi connectivity index (χ0v) is 15.7. The predicted molar refractivity (Wildman–Crippen MR) is 92.6 cm³/mol. The Morgan fingerprint density at radius 2 is 1.75 bits per heavy atom. The zero-order chi connectivity index (χ0) is 20.6. The number of rotatable bonds is 6. The molecule has 146 valence electrons. The van der Waals surface area contributed by atoms with Crippen molar-refractivity contribution >= 4 is 21.7 Å². The highest BCUT2D eigenvalue weighted by molar-refractivity contribution is 7.91. The lowest BCUT2D eigenvalue weighted by atomic mass is 10.2. The van der Waals surface area contributed by atoms with E-state index >= 15 is 0 Å². The molecule has 0 bridgehead atoms. The van der Waals surface area contributed by atoms with Crippen LogP contribution in [0.15, 0.2) is 62.0 Å². The van der Waals surface area contributed by atoms with Crippen molar-refractivity contribution in [1.29, 1.82) is 0 Å². The molecule has 5 N–H and O–H groups in total. The second-order valence-electron chi connectivity index (χ2n) is 6.14. The summed E-state index contributed by atoms with van der Waals surface area (Å²) in [6, 6.07) is 7.64. The third-order valence-corrected chi connectivity index (χ3v) is 5.68. The fourth-order valence-corrected chi connectivity index (χ4v) is 4.24. The van der Waals surface area contributed by atoms with E-state index in [1.807, 2.05) is 0 Å². The lowest BCUT2D eigenvalue weighted by molar-refractivity contribution is -0.921. The number of aromatic nitrogens is 3. The maximum absolute atomic E-state index is 13.3. The number of carbonyl (C=O) groups is 2. The molecule has 1 unspecified atom stereocenters. The summed E-state index contributed by atoms with van der Waals surface area (Å²) in [4.78, 5) is 24.3. The summed E-state index contributed by atoms with van der Waals surface area (Å²) in [5, 5.41) is 14.4. The van der Waals surface area contributed by atoms with E-state index in [2.05, 4.69) is 20.6 Å². The van der Waals surface area contributed by atoms with E-state index in [1.165, 1.54) is 12.1 Å². The molecule has 2 amide bonds. The van der Waals surface area contributed by atoms with Crippen LogP contribution in [0.4, 0.5) is 0 Å². The van der Waals surface area contributed by atoms with Crippen molar-refractivity contribution in [3.05, 3.63) is 47.4 Å². The van der Waals surface area contributed by atoms with Crippen LogP contribution in [0, 0.1) is 0 Å². The molecule has 1 aliphatic heterocycles. The summed E-state index contributed by atoms with van der Waals surface area (Å²) in [6.45, 7) is 3.47. The second-order valence-corrected chi connectivity index (χ2v) is 8.00. The first-order valence-corrected chi connectivity index (χ1v) is 9.53. The molecule has 1 atom stereocenters. The fraction of sp³-hybridized carbons (Fsp3) is 0.200. The van der Waals surface area contributed by atoms with Gasteiger partial charge in [0.25, 0.3) is 11.6 Å². The van der Waals surface area contributed by atoms with Gasteiger partial charge in [0.1, 0.15) is 5.69 Å². The lowest BCUT2D eigenvalue weighted by Crippen LogP contribution is -3.09. The number of carbonyl (C=O) groups excluding carboxylic acids is 2. The first kappa shape index (κ1) is 19.3. The van der Waals surface area contributed by atoms with Crippen molar-refractivity contribution in [2.24, 2.45) is 21.8 Å². The molecule has 2 heterocycles. The van der Waals surface area contributed by atoms with Crippen molar-refractivity contribution in [3.8, 4) is 0 Å². The maximum Gasteiger partial charge on any atom is 0.310 e. The molecule has 0 fully saturated rings. The molecule has 1 aliphatic rings. The van der Waals surface area contributed by atoms with Gasteiger partial charge in [-0.15, -0.1) is 5.10 Å². The average Bonchev–Trinajstić information content (AvgIpc) is 3.27.